The molecular formula is C18H22N2O. The van der Waals surface area contributed by atoms with E-state index in [4.69, 9.17) is 0 Å². The Bertz CT molecular complexity index is 608. The molecule has 0 aliphatic carbocycles. The average Bonchev–Trinajstić information content (AvgIpc) is 2.53. The molecule has 2 aromatic rings. The fourth-order valence-corrected chi connectivity index (χ4v) is 2.36. The minimum atomic E-state index is -0.0393. The average molecular weight is 282 g/mol. The number of amides is 1. The maximum Gasteiger partial charge on any atom is 0.255 e. The topological polar surface area (TPSA) is 41.1 Å². The summed E-state index contributed by atoms with van der Waals surface area (Å²) < 4.78 is 0. The molecule has 3 heteroatoms. The summed E-state index contributed by atoms with van der Waals surface area (Å²) in [4.78, 5) is 12.5. The van der Waals surface area contributed by atoms with Crippen molar-refractivity contribution in [2.45, 2.75) is 19.8 Å². The lowest BCUT2D eigenvalue weighted by atomic mass is 10.0. The van der Waals surface area contributed by atoms with Crippen molar-refractivity contribution in [1.29, 1.82) is 0 Å². The highest BCUT2D eigenvalue weighted by Crippen LogP contribution is 2.18. The summed E-state index contributed by atoms with van der Waals surface area (Å²) in [7, 11) is 1.92. The van der Waals surface area contributed by atoms with E-state index in [-0.39, 0.29) is 5.91 Å². The van der Waals surface area contributed by atoms with Crippen LogP contribution in [0.1, 0.15) is 28.4 Å². The fraction of sp³-hybridized carbons (Fsp3) is 0.278. The highest BCUT2D eigenvalue weighted by Gasteiger charge is 2.12. The zero-order valence-corrected chi connectivity index (χ0v) is 12.6. The summed E-state index contributed by atoms with van der Waals surface area (Å²) in [6, 6.07) is 15.7. The van der Waals surface area contributed by atoms with Crippen molar-refractivity contribution in [3.63, 3.8) is 0 Å². The molecule has 0 aliphatic heterocycles. The molecule has 0 aliphatic rings. The molecule has 2 N–H and O–H groups in total. The lowest BCUT2D eigenvalue weighted by Crippen LogP contribution is -2.17. The van der Waals surface area contributed by atoms with Gasteiger partial charge in [0.2, 0.25) is 0 Å². The van der Waals surface area contributed by atoms with Crippen molar-refractivity contribution >= 4 is 11.6 Å². The maximum atomic E-state index is 12.5. The number of carbonyl (C=O) groups is 1. The zero-order valence-electron chi connectivity index (χ0n) is 12.6. The third-order valence-corrected chi connectivity index (χ3v) is 3.55. The Morgan fingerprint density at radius 1 is 1.00 bits per heavy atom. The van der Waals surface area contributed by atoms with Gasteiger partial charge in [-0.3, -0.25) is 4.79 Å². The molecule has 21 heavy (non-hydrogen) atoms. The molecule has 0 saturated heterocycles. The van der Waals surface area contributed by atoms with Crippen LogP contribution in [-0.2, 0) is 12.8 Å². The van der Waals surface area contributed by atoms with E-state index in [1.165, 1.54) is 0 Å². The Labute approximate surface area is 126 Å². The molecule has 0 atom stereocenters. The molecule has 0 fully saturated rings. The quantitative estimate of drug-likeness (QED) is 0.854. The molecule has 0 spiro atoms. The Kier molecular flexibility index (Phi) is 5.52. The SMILES string of the molecule is CCc1ccccc1NC(=O)c1ccccc1CCNC. The van der Waals surface area contributed by atoms with Gasteiger partial charge in [-0.15, -0.1) is 0 Å². The number of likely N-dealkylation sites (N-methyl/N-ethyl adjacent to an activating group) is 1. The van der Waals surface area contributed by atoms with Crippen LogP contribution in [-0.4, -0.2) is 19.5 Å². The van der Waals surface area contributed by atoms with Crippen LogP contribution in [0.15, 0.2) is 48.5 Å². The summed E-state index contributed by atoms with van der Waals surface area (Å²) in [6.07, 6.45) is 1.74. The molecule has 2 rings (SSSR count). The molecule has 0 aromatic heterocycles. The number of para-hydroxylation sites is 1. The van der Waals surface area contributed by atoms with Gasteiger partial charge in [0, 0.05) is 11.3 Å². The maximum absolute atomic E-state index is 12.5. The van der Waals surface area contributed by atoms with Gasteiger partial charge < -0.3 is 10.6 Å². The molecular weight excluding hydrogens is 260 g/mol. The van der Waals surface area contributed by atoms with Crippen molar-refractivity contribution in [2.24, 2.45) is 0 Å². The van der Waals surface area contributed by atoms with Gasteiger partial charge >= 0.3 is 0 Å². The predicted octanol–water partition coefficient (Wildman–Crippen LogP) is 3.26. The number of aryl methyl sites for hydroxylation is 1. The second kappa shape index (κ2) is 7.60. The van der Waals surface area contributed by atoms with Crippen LogP contribution in [0.4, 0.5) is 5.69 Å². The third-order valence-electron chi connectivity index (χ3n) is 3.55. The summed E-state index contributed by atoms with van der Waals surface area (Å²) in [5.74, 6) is -0.0393. The van der Waals surface area contributed by atoms with Gasteiger partial charge in [-0.25, -0.2) is 0 Å². The highest BCUT2D eigenvalue weighted by molar-refractivity contribution is 6.05. The third kappa shape index (κ3) is 3.92. The molecule has 0 saturated carbocycles. The van der Waals surface area contributed by atoms with Crippen LogP contribution in [0.3, 0.4) is 0 Å². The molecule has 2 aromatic carbocycles. The van der Waals surface area contributed by atoms with Gasteiger partial charge in [-0.05, 0) is 49.7 Å². The zero-order chi connectivity index (χ0) is 15.1. The van der Waals surface area contributed by atoms with Gasteiger partial charge in [0.1, 0.15) is 0 Å². The van der Waals surface area contributed by atoms with E-state index in [0.717, 1.165) is 41.8 Å². The second-order valence-corrected chi connectivity index (χ2v) is 4.98. The minimum absolute atomic E-state index is 0.0393. The first-order valence-corrected chi connectivity index (χ1v) is 7.38. The van der Waals surface area contributed by atoms with Gasteiger partial charge in [-0.2, -0.15) is 0 Å². The Balaban J connectivity index is 2.20. The Morgan fingerprint density at radius 3 is 2.38 bits per heavy atom. The van der Waals surface area contributed by atoms with E-state index < -0.39 is 0 Å². The lowest BCUT2D eigenvalue weighted by Gasteiger charge is -2.12. The number of benzene rings is 2. The number of hydrogen-bond donors (Lipinski definition) is 2. The molecule has 0 unspecified atom stereocenters. The predicted molar refractivity (Wildman–Crippen MR) is 87.8 cm³/mol. The number of anilines is 1. The Hall–Kier alpha value is -2.13. The van der Waals surface area contributed by atoms with Gasteiger partial charge in [-0.1, -0.05) is 43.3 Å². The van der Waals surface area contributed by atoms with E-state index in [0.29, 0.717) is 0 Å². The van der Waals surface area contributed by atoms with Crippen molar-refractivity contribution < 1.29 is 4.79 Å². The highest BCUT2D eigenvalue weighted by atomic mass is 16.1. The first kappa shape index (κ1) is 15.3. The van der Waals surface area contributed by atoms with Crippen molar-refractivity contribution in [3.05, 3.63) is 65.2 Å². The van der Waals surface area contributed by atoms with Gasteiger partial charge in [0.05, 0.1) is 0 Å². The van der Waals surface area contributed by atoms with Crippen LogP contribution < -0.4 is 10.6 Å². The molecule has 110 valence electrons. The van der Waals surface area contributed by atoms with Crippen LogP contribution in [0, 0.1) is 0 Å². The van der Waals surface area contributed by atoms with Crippen molar-refractivity contribution in [2.75, 3.05) is 18.9 Å². The number of hydrogen-bond acceptors (Lipinski definition) is 2. The van der Waals surface area contributed by atoms with Crippen molar-refractivity contribution in [3.8, 4) is 0 Å². The van der Waals surface area contributed by atoms with Crippen LogP contribution in [0.25, 0.3) is 0 Å². The number of nitrogens with one attached hydrogen (secondary N) is 2. The number of rotatable bonds is 6. The van der Waals surface area contributed by atoms with E-state index in [9.17, 15) is 4.79 Å². The fourth-order valence-electron chi connectivity index (χ4n) is 2.36. The minimum Gasteiger partial charge on any atom is -0.322 e. The van der Waals surface area contributed by atoms with Crippen LogP contribution in [0.2, 0.25) is 0 Å². The standard InChI is InChI=1S/C18H22N2O/c1-3-14-8-5-7-11-17(14)20-18(21)16-10-6-4-9-15(16)12-13-19-2/h4-11,19H,3,12-13H2,1-2H3,(H,20,21). The summed E-state index contributed by atoms with van der Waals surface area (Å²) in [6.45, 7) is 2.95. The number of carbonyl (C=O) groups excluding carboxylic acids is 1. The van der Waals surface area contributed by atoms with Gasteiger partial charge in [0.15, 0.2) is 0 Å². The van der Waals surface area contributed by atoms with Gasteiger partial charge in [0.25, 0.3) is 5.91 Å². The molecule has 1 amide bonds. The molecule has 3 nitrogen and oxygen atoms in total. The monoisotopic (exact) mass is 282 g/mol. The summed E-state index contributed by atoms with van der Waals surface area (Å²) in [5.41, 5.74) is 3.86. The lowest BCUT2D eigenvalue weighted by molar-refractivity contribution is 0.102. The normalized spacial score (nSPS) is 10.4. The summed E-state index contributed by atoms with van der Waals surface area (Å²) >= 11 is 0. The Morgan fingerprint density at radius 2 is 1.67 bits per heavy atom. The van der Waals surface area contributed by atoms with Crippen LogP contribution in [0.5, 0.6) is 0 Å². The molecule has 0 radical (unpaired) electrons. The van der Waals surface area contributed by atoms with E-state index >= 15 is 0 Å². The molecule has 0 bridgehead atoms. The summed E-state index contributed by atoms with van der Waals surface area (Å²) in [5, 5.41) is 6.15. The molecule has 0 heterocycles. The first-order chi connectivity index (χ1) is 10.3. The largest absolute Gasteiger partial charge is 0.322 e. The smallest absolute Gasteiger partial charge is 0.255 e. The van der Waals surface area contributed by atoms with E-state index in [2.05, 4.69) is 17.6 Å². The van der Waals surface area contributed by atoms with Crippen molar-refractivity contribution in [1.82, 2.24) is 5.32 Å². The van der Waals surface area contributed by atoms with E-state index in [1.54, 1.807) is 0 Å². The van der Waals surface area contributed by atoms with E-state index in [1.807, 2.05) is 55.6 Å². The first-order valence-electron chi connectivity index (χ1n) is 7.38. The van der Waals surface area contributed by atoms with Crippen LogP contribution >= 0.6 is 0 Å². The second-order valence-electron chi connectivity index (χ2n) is 4.98.